The fourth-order valence-corrected chi connectivity index (χ4v) is 5.93. The molecule has 2 amide bonds. The van der Waals surface area contributed by atoms with Crippen molar-refractivity contribution in [2.24, 2.45) is 5.92 Å². The number of nitrogens with one attached hydrogen (secondary N) is 3. The molecule has 1 heterocycles. The summed E-state index contributed by atoms with van der Waals surface area (Å²) >= 11 is 9.59. The zero-order valence-electron chi connectivity index (χ0n) is 20.9. The van der Waals surface area contributed by atoms with E-state index >= 15 is 0 Å². The molecule has 0 atom stereocenters. The number of carbonyl (C=O) groups is 2. The molecule has 1 saturated heterocycles. The summed E-state index contributed by atoms with van der Waals surface area (Å²) in [6, 6.07) is 18.5. The first-order chi connectivity index (χ1) is 18.7. The molecule has 39 heavy (non-hydrogen) atoms. The quantitative estimate of drug-likeness (QED) is 0.289. The lowest BCUT2D eigenvalue weighted by Crippen LogP contribution is -2.40. The standard InChI is InChI=1S/C27H28BrClN4O5S/c28-21-8-11-25(24(29)16-21)38-33(22-4-2-1-3-5-22)39(36,37)23-9-6-20(7-10-23)27(35)32-18-26(34)31-17-19-12-14-30-15-13-19/h1-11,16,19,30H,12-15,17-18H2,(H,31,34)(H,32,35). The largest absolute Gasteiger partial charge is 0.363 e. The summed E-state index contributed by atoms with van der Waals surface area (Å²) in [4.78, 5) is 30.4. The maximum absolute atomic E-state index is 13.6. The normalized spacial score (nSPS) is 13.9. The van der Waals surface area contributed by atoms with E-state index < -0.39 is 15.9 Å². The molecule has 3 aromatic rings. The Hall–Kier alpha value is -3.12. The fourth-order valence-electron chi connectivity index (χ4n) is 3.97. The van der Waals surface area contributed by atoms with Gasteiger partial charge in [0.05, 0.1) is 22.2 Å². The van der Waals surface area contributed by atoms with Gasteiger partial charge < -0.3 is 20.8 Å². The number of carbonyl (C=O) groups excluding carboxylic acids is 2. The van der Waals surface area contributed by atoms with Gasteiger partial charge in [-0.3, -0.25) is 9.59 Å². The molecular weight excluding hydrogens is 608 g/mol. The highest BCUT2D eigenvalue weighted by Gasteiger charge is 2.28. The molecule has 0 radical (unpaired) electrons. The van der Waals surface area contributed by atoms with E-state index in [1.165, 1.54) is 24.3 Å². The van der Waals surface area contributed by atoms with Crippen LogP contribution in [0.4, 0.5) is 5.69 Å². The van der Waals surface area contributed by atoms with Crippen LogP contribution in [0.3, 0.4) is 0 Å². The van der Waals surface area contributed by atoms with Gasteiger partial charge in [-0.15, -0.1) is 0 Å². The number of para-hydroxylation sites is 1. The van der Waals surface area contributed by atoms with Crippen molar-refractivity contribution in [2.45, 2.75) is 17.7 Å². The van der Waals surface area contributed by atoms with E-state index in [4.69, 9.17) is 16.4 Å². The van der Waals surface area contributed by atoms with Gasteiger partial charge in [-0.25, -0.2) is 0 Å². The Morgan fingerprint density at radius 2 is 1.69 bits per heavy atom. The molecular formula is C27H28BrClN4O5S. The Morgan fingerprint density at radius 1 is 1.00 bits per heavy atom. The first-order valence-corrected chi connectivity index (χ1v) is 14.9. The van der Waals surface area contributed by atoms with Gasteiger partial charge in [-0.2, -0.15) is 8.42 Å². The number of sulfonamides is 1. The minimum atomic E-state index is -4.23. The Bertz CT molecular complexity index is 1400. The van der Waals surface area contributed by atoms with Crippen LogP contribution >= 0.6 is 27.5 Å². The van der Waals surface area contributed by atoms with Crippen molar-refractivity contribution in [1.82, 2.24) is 16.0 Å². The molecule has 3 N–H and O–H groups in total. The van der Waals surface area contributed by atoms with Crippen molar-refractivity contribution in [3.05, 3.63) is 87.9 Å². The van der Waals surface area contributed by atoms with Gasteiger partial charge in [0.15, 0.2) is 5.75 Å². The summed E-state index contributed by atoms with van der Waals surface area (Å²) in [5, 5.41) is 8.92. The van der Waals surface area contributed by atoms with Crippen LogP contribution in [0.5, 0.6) is 5.75 Å². The van der Waals surface area contributed by atoms with E-state index in [1.54, 1.807) is 48.5 Å². The van der Waals surface area contributed by atoms with Gasteiger partial charge in [-0.1, -0.05) is 50.2 Å². The monoisotopic (exact) mass is 634 g/mol. The van der Waals surface area contributed by atoms with Crippen molar-refractivity contribution in [2.75, 3.05) is 30.6 Å². The van der Waals surface area contributed by atoms with E-state index in [9.17, 15) is 18.0 Å². The molecule has 1 aliphatic rings. The number of rotatable bonds is 10. The van der Waals surface area contributed by atoms with E-state index in [-0.39, 0.29) is 39.4 Å². The van der Waals surface area contributed by atoms with E-state index in [0.29, 0.717) is 16.9 Å². The summed E-state index contributed by atoms with van der Waals surface area (Å²) in [5.41, 5.74) is 0.469. The maximum Gasteiger partial charge on any atom is 0.295 e. The number of piperidine rings is 1. The van der Waals surface area contributed by atoms with E-state index in [1.807, 2.05) is 0 Å². The van der Waals surface area contributed by atoms with Crippen LogP contribution in [0.1, 0.15) is 23.2 Å². The summed E-state index contributed by atoms with van der Waals surface area (Å²) < 4.78 is 28.7. The second kappa shape index (κ2) is 13.3. The van der Waals surface area contributed by atoms with Gasteiger partial charge in [0, 0.05) is 16.6 Å². The minimum Gasteiger partial charge on any atom is -0.363 e. The Kier molecular flexibility index (Phi) is 9.84. The number of anilines is 1. The summed E-state index contributed by atoms with van der Waals surface area (Å²) in [6.45, 7) is 2.29. The Morgan fingerprint density at radius 3 is 2.36 bits per heavy atom. The van der Waals surface area contributed by atoms with Crippen molar-refractivity contribution >= 4 is 55.1 Å². The lowest BCUT2D eigenvalue weighted by Gasteiger charge is -2.24. The van der Waals surface area contributed by atoms with Gasteiger partial charge in [0.25, 0.3) is 15.9 Å². The second-order valence-corrected chi connectivity index (χ2v) is 12.0. The van der Waals surface area contributed by atoms with Crippen LogP contribution in [0.25, 0.3) is 0 Å². The number of benzene rings is 3. The number of hydrogen-bond donors (Lipinski definition) is 3. The third-order valence-electron chi connectivity index (χ3n) is 6.13. The minimum absolute atomic E-state index is 0.101. The fraction of sp³-hybridized carbons (Fsp3) is 0.259. The number of nitrogens with zero attached hydrogens (tertiary/aromatic N) is 1. The van der Waals surface area contributed by atoms with Crippen molar-refractivity contribution in [3.8, 4) is 5.75 Å². The zero-order valence-corrected chi connectivity index (χ0v) is 24.1. The van der Waals surface area contributed by atoms with Crippen LogP contribution in [0.15, 0.2) is 82.2 Å². The molecule has 0 spiro atoms. The highest BCUT2D eigenvalue weighted by atomic mass is 79.9. The van der Waals surface area contributed by atoms with Gasteiger partial charge >= 0.3 is 0 Å². The average Bonchev–Trinajstić information content (AvgIpc) is 2.95. The first kappa shape index (κ1) is 28.9. The van der Waals surface area contributed by atoms with Crippen LogP contribution in [-0.4, -0.2) is 46.4 Å². The third kappa shape index (κ3) is 7.72. The number of hydrogen-bond acceptors (Lipinski definition) is 6. The Labute approximate surface area is 241 Å². The smallest absolute Gasteiger partial charge is 0.295 e. The topological polar surface area (TPSA) is 117 Å². The molecule has 0 bridgehead atoms. The van der Waals surface area contributed by atoms with Crippen molar-refractivity contribution < 1.29 is 22.8 Å². The van der Waals surface area contributed by atoms with E-state index in [0.717, 1.165) is 30.4 Å². The number of halogens is 2. The molecule has 0 unspecified atom stereocenters. The van der Waals surface area contributed by atoms with Crippen LogP contribution in [-0.2, 0) is 14.8 Å². The van der Waals surface area contributed by atoms with Crippen LogP contribution in [0.2, 0.25) is 5.02 Å². The van der Waals surface area contributed by atoms with Crippen LogP contribution < -0.4 is 25.3 Å². The van der Waals surface area contributed by atoms with E-state index in [2.05, 4.69) is 31.9 Å². The maximum atomic E-state index is 13.6. The van der Waals surface area contributed by atoms with Gasteiger partial charge in [0.2, 0.25) is 5.91 Å². The highest BCUT2D eigenvalue weighted by Crippen LogP contribution is 2.32. The SMILES string of the molecule is O=C(CNC(=O)c1ccc(S(=O)(=O)N(Oc2ccc(Br)cc2Cl)c2ccccc2)cc1)NCC1CCNCC1. The predicted molar refractivity (Wildman–Crippen MR) is 153 cm³/mol. The van der Waals surface area contributed by atoms with Gasteiger partial charge in [0.1, 0.15) is 0 Å². The van der Waals surface area contributed by atoms with Crippen molar-refractivity contribution in [1.29, 1.82) is 0 Å². The first-order valence-electron chi connectivity index (χ1n) is 12.3. The zero-order chi connectivity index (χ0) is 27.8. The summed E-state index contributed by atoms with van der Waals surface area (Å²) in [7, 11) is -4.23. The van der Waals surface area contributed by atoms with Gasteiger partial charge in [-0.05, 0) is 86.4 Å². The third-order valence-corrected chi connectivity index (χ3v) is 8.51. The molecule has 3 aromatic carbocycles. The lowest BCUT2D eigenvalue weighted by molar-refractivity contribution is -0.120. The second-order valence-electron chi connectivity index (χ2n) is 8.94. The lowest BCUT2D eigenvalue weighted by atomic mass is 9.98. The number of amides is 2. The Balaban J connectivity index is 1.43. The predicted octanol–water partition coefficient (Wildman–Crippen LogP) is 4.14. The highest BCUT2D eigenvalue weighted by molar-refractivity contribution is 9.10. The molecule has 0 aromatic heterocycles. The summed E-state index contributed by atoms with van der Waals surface area (Å²) in [6.07, 6.45) is 2.01. The molecule has 1 aliphatic heterocycles. The van der Waals surface area contributed by atoms with Crippen LogP contribution in [0, 0.1) is 5.92 Å². The molecule has 0 saturated carbocycles. The molecule has 0 aliphatic carbocycles. The molecule has 1 fully saturated rings. The molecule has 9 nitrogen and oxygen atoms in total. The van der Waals surface area contributed by atoms with Crippen molar-refractivity contribution in [3.63, 3.8) is 0 Å². The molecule has 4 rings (SSSR count). The molecule has 12 heteroatoms. The molecule has 206 valence electrons. The summed E-state index contributed by atoms with van der Waals surface area (Å²) in [5.74, 6) is -0.196. The average molecular weight is 636 g/mol.